The average molecular weight is 229 g/mol. The summed E-state index contributed by atoms with van der Waals surface area (Å²) in [5.41, 5.74) is 0.594. The molecule has 0 saturated carbocycles. The Balaban J connectivity index is 2.08. The van der Waals surface area contributed by atoms with Crippen LogP contribution in [0.5, 0.6) is 0 Å². The summed E-state index contributed by atoms with van der Waals surface area (Å²) in [6.07, 6.45) is 5.27. The van der Waals surface area contributed by atoms with Crippen LogP contribution >= 0.6 is 11.6 Å². The van der Waals surface area contributed by atoms with Gasteiger partial charge >= 0.3 is 0 Å². The fourth-order valence-corrected chi connectivity index (χ4v) is 1.86. The van der Waals surface area contributed by atoms with E-state index in [1.54, 1.807) is 12.4 Å². The molecule has 0 aliphatic carbocycles. The van der Waals surface area contributed by atoms with Gasteiger partial charge in [0.1, 0.15) is 0 Å². The first kappa shape index (κ1) is 10.6. The molecule has 82 valence electrons. The van der Waals surface area contributed by atoms with E-state index in [4.69, 9.17) is 16.3 Å². The molecule has 1 fully saturated rings. The van der Waals surface area contributed by atoms with Crippen molar-refractivity contribution in [3.05, 3.63) is 18.0 Å². The first-order chi connectivity index (χ1) is 7.31. The summed E-state index contributed by atoms with van der Waals surface area (Å²) in [5, 5.41) is 4.19. The predicted octanol–water partition coefficient (Wildman–Crippen LogP) is 1.66. The van der Waals surface area contributed by atoms with E-state index in [0.717, 1.165) is 26.1 Å². The van der Waals surface area contributed by atoms with Gasteiger partial charge in [-0.3, -0.25) is 9.48 Å². The van der Waals surface area contributed by atoms with Crippen molar-refractivity contribution in [1.29, 1.82) is 0 Å². The Labute approximate surface area is 93.2 Å². The summed E-state index contributed by atoms with van der Waals surface area (Å²) >= 11 is 5.47. The SMILES string of the molecule is O=C(CCl)c1cnn(C2CCOCC2)c1. The number of alkyl halides is 1. The zero-order chi connectivity index (χ0) is 10.7. The Hall–Kier alpha value is -0.870. The van der Waals surface area contributed by atoms with Crippen molar-refractivity contribution >= 4 is 17.4 Å². The summed E-state index contributed by atoms with van der Waals surface area (Å²) in [5.74, 6) is -0.0607. The van der Waals surface area contributed by atoms with E-state index in [9.17, 15) is 4.79 Å². The van der Waals surface area contributed by atoms with E-state index in [1.807, 2.05) is 4.68 Å². The van der Waals surface area contributed by atoms with Gasteiger partial charge in [0.05, 0.1) is 23.7 Å². The van der Waals surface area contributed by atoms with Crippen molar-refractivity contribution in [2.45, 2.75) is 18.9 Å². The van der Waals surface area contributed by atoms with Gasteiger partial charge in [0.15, 0.2) is 5.78 Å². The Morgan fingerprint density at radius 2 is 2.33 bits per heavy atom. The zero-order valence-electron chi connectivity index (χ0n) is 8.36. The van der Waals surface area contributed by atoms with E-state index in [2.05, 4.69) is 5.10 Å². The Bertz CT molecular complexity index is 345. The normalized spacial score (nSPS) is 17.9. The van der Waals surface area contributed by atoms with Crippen LogP contribution in [0.25, 0.3) is 0 Å². The van der Waals surface area contributed by atoms with Crippen LogP contribution in [0.3, 0.4) is 0 Å². The van der Waals surface area contributed by atoms with Gasteiger partial charge < -0.3 is 4.74 Å². The van der Waals surface area contributed by atoms with Gasteiger partial charge in [-0.15, -0.1) is 11.6 Å². The average Bonchev–Trinajstić information content (AvgIpc) is 2.78. The highest BCUT2D eigenvalue weighted by Gasteiger charge is 2.17. The molecule has 0 amide bonds. The molecule has 0 aromatic carbocycles. The summed E-state index contributed by atoms with van der Waals surface area (Å²) < 4.78 is 7.12. The van der Waals surface area contributed by atoms with E-state index < -0.39 is 0 Å². The lowest BCUT2D eigenvalue weighted by Crippen LogP contribution is -2.19. The third-order valence-electron chi connectivity index (χ3n) is 2.61. The number of carbonyl (C=O) groups is 1. The van der Waals surface area contributed by atoms with Gasteiger partial charge in [-0.05, 0) is 12.8 Å². The first-order valence-corrected chi connectivity index (χ1v) is 5.56. The van der Waals surface area contributed by atoms with Crippen LogP contribution in [0.15, 0.2) is 12.4 Å². The highest BCUT2D eigenvalue weighted by Crippen LogP contribution is 2.20. The van der Waals surface area contributed by atoms with Crippen LogP contribution in [0.4, 0.5) is 0 Å². The second-order valence-electron chi connectivity index (χ2n) is 3.61. The number of Topliss-reactive ketones (excluding diaryl/α,β-unsaturated/α-hetero) is 1. The van der Waals surface area contributed by atoms with Gasteiger partial charge in [0, 0.05) is 19.4 Å². The van der Waals surface area contributed by atoms with Crippen LogP contribution in [0.2, 0.25) is 0 Å². The van der Waals surface area contributed by atoms with Crippen molar-refractivity contribution < 1.29 is 9.53 Å². The third-order valence-corrected chi connectivity index (χ3v) is 2.85. The molecule has 0 radical (unpaired) electrons. The number of hydrogen-bond acceptors (Lipinski definition) is 3. The summed E-state index contributed by atoms with van der Waals surface area (Å²) in [6, 6.07) is 0.357. The maximum Gasteiger partial charge on any atom is 0.180 e. The molecule has 0 N–H and O–H groups in total. The molecular weight excluding hydrogens is 216 g/mol. The van der Waals surface area contributed by atoms with Crippen LogP contribution in [0, 0.1) is 0 Å². The highest BCUT2D eigenvalue weighted by atomic mass is 35.5. The second kappa shape index (κ2) is 4.77. The molecule has 4 nitrogen and oxygen atoms in total. The highest BCUT2D eigenvalue weighted by molar-refractivity contribution is 6.30. The molecule has 2 heterocycles. The van der Waals surface area contributed by atoms with Crippen LogP contribution < -0.4 is 0 Å². The van der Waals surface area contributed by atoms with Crippen LogP contribution in [-0.4, -0.2) is 34.7 Å². The van der Waals surface area contributed by atoms with E-state index >= 15 is 0 Å². The van der Waals surface area contributed by atoms with Gasteiger partial charge in [0.2, 0.25) is 0 Å². The molecule has 0 spiro atoms. The first-order valence-electron chi connectivity index (χ1n) is 5.02. The molecule has 0 atom stereocenters. The number of aromatic nitrogens is 2. The quantitative estimate of drug-likeness (QED) is 0.584. The summed E-state index contributed by atoms with van der Waals surface area (Å²) in [4.78, 5) is 11.3. The lowest BCUT2D eigenvalue weighted by molar-refractivity contribution is 0.0662. The Kier molecular flexibility index (Phi) is 3.38. The molecule has 1 aliphatic rings. The third kappa shape index (κ3) is 2.38. The second-order valence-corrected chi connectivity index (χ2v) is 3.88. The molecule has 15 heavy (non-hydrogen) atoms. The number of ether oxygens (including phenoxy) is 1. The number of ketones is 1. The maximum atomic E-state index is 11.3. The minimum Gasteiger partial charge on any atom is -0.381 e. The minimum atomic E-state index is -0.0741. The summed E-state index contributed by atoms with van der Waals surface area (Å²) in [7, 11) is 0. The summed E-state index contributed by atoms with van der Waals surface area (Å²) in [6.45, 7) is 1.53. The Morgan fingerprint density at radius 1 is 1.60 bits per heavy atom. The number of carbonyl (C=O) groups excluding carboxylic acids is 1. The molecule has 1 saturated heterocycles. The lowest BCUT2D eigenvalue weighted by Gasteiger charge is -2.22. The molecule has 1 aromatic rings. The fourth-order valence-electron chi connectivity index (χ4n) is 1.71. The van der Waals surface area contributed by atoms with Gasteiger partial charge in [-0.25, -0.2) is 0 Å². The van der Waals surface area contributed by atoms with E-state index in [-0.39, 0.29) is 11.7 Å². The van der Waals surface area contributed by atoms with Crippen molar-refractivity contribution in [2.24, 2.45) is 0 Å². The number of rotatable bonds is 3. The smallest absolute Gasteiger partial charge is 0.180 e. The number of hydrogen-bond donors (Lipinski definition) is 0. The van der Waals surface area contributed by atoms with Crippen molar-refractivity contribution in [3.8, 4) is 0 Å². The van der Waals surface area contributed by atoms with Crippen molar-refractivity contribution in [1.82, 2.24) is 9.78 Å². The lowest BCUT2D eigenvalue weighted by atomic mass is 10.1. The Morgan fingerprint density at radius 3 is 3.00 bits per heavy atom. The largest absolute Gasteiger partial charge is 0.381 e. The standard InChI is InChI=1S/C10H13ClN2O2/c11-5-10(14)8-6-12-13(7-8)9-1-3-15-4-2-9/h6-7,9H,1-5H2. The molecule has 2 rings (SSSR count). The zero-order valence-corrected chi connectivity index (χ0v) is 9.11. The fraction of sp³-hybridized carbons (Fsp3) is 0.600. The maximum absolute atomic E-state index is 11.3. The topological polar surface area (TPSA) is 44.1 Å². The molecule has 1 aliphatic heterocycles. The van der Waals surface area contributed by atoms with Crippen molar-refractivity contribution in [2.75, 3.05) is 19.1 Å². The van der Waals surface area contributed by atoms with Gasteiger partial charge in [-0.1, -0.05) is 0 Å². The molecule has 0 bridgehead atoms. The minimum absolute atomic E-state index is 0.0134. The monoisotopic (exact) mass is 228 g/mol. The number of halogens is 1. The van der Waals surface area contributed by atoms with Crippen LogP contribution in [-0.2, 0) is 4.74 Å². The predicted molar refractivity (Wildman–Crippen MR) is 56.4 cm³/mol. The molecule has 1 aromatic heterocycles. The van der Waals surface area contributed by atoms with Gasteiger partial charge in [0.25, 0.3) is 0 Å². The molecule has 5 heteroatoms. The van der Waals surface area contributed by atoms with E-state index in [1.165, 1.54) is 0 Å². The van der Waals surface area contributed by atoms with Crippen LogP contribution in [0.1, 0.15) is 29.2 Å². The number of nitrogens with zero attached hydrogens (tertiary/aromatic N) is 2. The molecular formula is C10H13ClN2O2. The van der Waals surface area contributed by atoms with Gasteiger partial charge in [-0.2, -0.15) is 5.10 Å². The van der Waals surface area contributed by atoms with E-state index in [0.29, 0.717) is 11.6 Å². The molecule has 0 unspecified atom stereocenters. The van der Waals surface area contributed by atoms with Crippen molar-refractivity contribution in [3.63, 3.8) is 0 Å².